The number of rotatable bonds is 5. The molecule has 9 nitrogen and oxygen atoms in total. The van der Waals surface area contributed by atoms with Gasteiger partial charge in [-0.2, -0.15) is 0 Å². The molecule has 1 unspecified atom stereocenters. The maximum Gasteiger partial charge on any atom is 0.328 e. The van der Waals surface area contributed by atoms with E-state index in [4.69, 9.17) is 0 Å². The Balaban J connectivity index is 2.02. The monoisotopic (exact) mass is 352 g/mol. The standard InChI is InChI=1S/C16H24N4O5/c1-11-8-20(16(25)18-14(11)23)9-13(22)17-12(10-21)15(24)19-6-4-2-3-5-7-19/h8,12,21H,2-7,9-10H2,1H3,(H,17,22)(H,18,23,25). The first kappa shape index (κ1) is 18.9. The predicted octanol–water partition coefficient (Wildman–Crippen LogP) is -1.28. The number of carbonyl (C=O) groups is 2. The van der Waals surface area contributed by atoms with Crippen molar-refractivity contribution in [1.82, 2.24) is 19.8 Å². The molecule has 2 amide bonds. The number of nitrogens with one attached hydrogen (secondary N) is 2. The molecule has 2 heterocycles. The second-order valence-corrected chi connectivity index (χ2v) is 6.24. The number of nitrogens with zero attached hydrogens (tertiary/aromatic N) is 2. The van der Waals surface area contributed by atoms with Crippen LogP contribution in [0.5, 0.6) is 0 Å². The molecule has 3 N–H and O–H groups in total. The van der Waals surface area contributed by atoms with Crippen LogP contribution in [0.2, 0.25) is 0 Å². The molecule has 0 aromatic carbocycles. The maximum atomic E-state index is 12.5. The zero-order valence-corrected chi connectivity index (χ0v) is 14.3. The summed E-state index contributed by atoms with van der Waals surface area (Å²) in [6, 6.07) is -1.04. The predicted molar refractivity (Wildman–Crippen MR) is 90.1 cm³/mol. The van der Waals surface area contributed by atoms with Gasteiger partial charge in [-0.3, -0.25) is 23.9 Å². The average molecular weight is 352 g/mol. The van der Waals surface area contributed by atoms with Crippen molar-refractivity contribution < 1.29 is 14.7 Å². The number of carbonyl (C=O) groups excluding carboxylic acids is 2. The summed E-state index contributed by atoms with van der Waals surface area (Å²) in [5.74, 6) is -0.904. The first-order valence-electron chi connectivity index (χ1n) is 8.41. The van der Waals surface area contributed by atoms with Crippen LogP contribution in [-0.4, -0.2) is 57.1 Å². The number of aliphatic hydroxyl groups excluding tert-OH is 1. The average Bonchev–Trinajstić information content (AvgIpc) is 2.86. The van der Waals surface area contributed by atoms with Gasteiger partial charge in [-0.25, -0.2) is 4.79 Å². The molecule has 1 aromatic heterocycles. The van der Waals surface area contributed by atoms with Crippen molar-refractivity contribution in [3.63, 3.8) is 0 Å². The van der Waals surface area contributed by atoms with Gasteiger partial charge in [-0.1, -0.05) is 12.8 Å². The van der Waals surface area contributed by atoms with E-state index in [2.05, 4.69) is 10.3 Å². The van der Waals surface area contributed by atoms with Gasteiger partial charge in [0.1, 0.15) is 12.6 Å². The summed E-state index contributed by atoms with van der Waals surface area (Å²) in [6.07, 6.45) is 5.22. The molecule has 1 aliphatic heterocycles. The molecule has 0 spiro atoms. The molecule has 0 aliphatic carbocycles. The Morgan fingerprint density at radius 3 is 2.48 bits per heavy atom. The van der Waals surface area contributed by atoms with Gasteiger partial charge in [0.05, 0.1) is 6.61 Å². The topological polar surface area (TPSA) is 124 Å². The molecule has 1 aliphatic rings. The van der Waals surface area contributed by atoms with Gasteiger partial charge in [-0.15, -0.1) is 0 Å². The minimum atomic E-state index is -1.04. The quantitative estimate of drug-likeness (QED) is 0.609. The van der Waals surface area contributed by atoms with Gasteiger partial charge in [0, 0.05) is 24.8 Å². The highest BCUT2D eigenvalue weighted by Gasteiger charge is 2.26. The Bertz CT molecular complexity index is 731. The molecule has 0 saturated carbocycles. The molecule has 25 heavy (non-hydrogen) atoms. The largest absolute Gasteiger partial charge is 0.394 e. The number of aromatic amines is 1. The van der Waals surface area contributed by atoms with Gasteiger partial charge in [0.15, 0.2) is 0 Å². The van der Waals surface area contributed by atoms with Gasteiger partial charge < -0.3 is 15.3 Å². The number of aromatic nitrogens is 2. The highest BCUT2D eigenvalue weighted by Crippen LogP contribution is 2.10. The van der Waals surface area contributed by atoms with E-state index in [1.165, 1.54) is 13.1 Å². The normalized spacial score (nSPS) is 16.2. The molecular weight excluding hydrogens is 328 g/mol. The minimum absolute atomic E-state index is 0.298. The van der Waals surface area contributed by atoms with Gasteiger partial charge in [-0.05, 0) is 19.8 Å². The smallest absolute Gasteiger partial charge is 0.328 e. The maximum absolute atomic E-state index is 12.5. The number of H-pyrrole nitrogens is 1. The molecule has 1 fully saturated rings. The summed E-state index contributed by atoms with van der Waals surface area (Å²) in [7, 11) is 0. The SMILES string of the molecule is Cc1cn(CC(=O)NC(CO)C(=O)N2CCCCCC2)c(=O)[nH]c1=O. The number of aryl methyl sites for hydroxylation is 1. The van der Waals surface area contributed by atoms with Crippen molar-refractivity contribution in [2.75, 3.05) is 19.7 Å². The highest BCUT2D eigenvalue weighted by atomic mass is 16.3. The Morgan fingerprint density at radius 1 is 1.24 bits per heavy atom. The zero-order valence-electron chi connectivity index (χ0n) is 14.3. The molecule has 1 aromatic rings. The summed E-state index contributed by atoms with van der Waals surface area (Å²) in [6.45, 7) is 1.89. The van der Waals surface area contributed by atoms with E-state index in [9.17, 15) is 24.3 Å². The van der Waals surface area contributed by atoms with Crippen LogP contribution < -0.4 is 16.6 Å². The van der Waals surface area contributed by atoms with Crippen LogP contribution in [0.15, 0.2) is 15.8 Å². The minimum Gasteiger partial charge on any atom is -0.394 e. The summed E-state index contributed by atoms with van der Waals surface area (Å²) in [5, 5.41) is 11.9. The molecule has 1 saturated heterocycles. The molecule has 0 bridgehead atoms. The lowest BCUT2D eigenvalue weighted by atomic mass is 10.2. The van der Waals surface area contributed by atoms with E-state index in [1.54, 1.807) is 4.90 Å². The lowest BCUT2D eigenvalue weighted by Gasteiger charge is -2.25. The highest BCUT2D eigenvalue weighted by molar-refractivity contribution is 5.87. The van der Waals surface area contributed by atoms with E-state index >= 15 is 0 Å². The van der Waals surface area contributed by atoms with Crippen LogP contribution in [0.3, 0.4) is 0 Å². The Labute approximate surface area is 144 Å². The summed E-state index contributed by atoms with van der Waals surface area (Å²) in [5.41, 5.74) is -0.914. The van der Waals surface area contributed by atoms with Crippen LogP contribution in [0, 0.1) is 6.92 Å². The number of aliphatic hydroxyl groups is 1. The zero-order chi connectivity index (χ0) is 18.4. The third-order valence-corrected chi connectivity index (χ3v) is 4.24. The second kappa shape index (κ2) is 8.61. The molecule has 1 atom stereocenters. The summed E-state index contributed by atoms with van der Waals surface area (Å²) in [4.78, 5) is 51.4. The van der Waals surface area contributed by atoms with Crippen LogP contribution in [0.1, 0.15) is 31.2 Å². The fourth-order valence-electron chi connectivity index (χ4n) is 2.83. The third kappa shape index (κ3) is 5.02. The molecule has 138 valence electrons. The van der Waals surface area contributed by atoms with E-state index in [0.717, 1.165) is 30.3 Å². The number of amides is 2. The van der Waals surface area contributed by atoms with Crippen molar-refractivity contribution in [3.05, 3.63) is 32.6 Å². The third-order valence-electron chi connectivity index (χ3n) is 4.24. The number of likely N-dealkylation sites (tertiary alicyclic amines) is 1. The molecule has 2 rings (SSSR count). The van der Waals surface area contributed by atoms with Gasteiger partial charge in [0.25, 0.3) is 5.56 Å². The molecule has 0 radical (unpaired) electrons. The van der Waals surface area contributed by atoms with Crippen LogP contribution in [0.4, 0.5) is 0 Å². The number of hydrogen-bond donors (Lipinski definition) is 3. The second-order valence-electron chi connectivity index (χ2n) is 6.24. The van der Waals surface area contributed by atoms with Crippen molar-refractivity contribution >= 4 is 11.8 Å². The van der Waals surface area contributed by atoms with Crippen LogP contribution >= 0.6 is 0 Å². The van der Waals surface area contributed by atoms with Crippen molar-refractivity contribution in [2.24, 2.45) is 0 Å². The fraction of sp³-hybridized carbons (Fsp3) is 0.625. The van der Waals surface area contributed by atoms with Gasteiger partial charge >= 0.3 is 5.69 Å². The summed E-state index contributed by atoms with van der Waals surface area (Å²) < 4.78 is 1.05. The van der Waals surface area contributed by atoms with Crippen molar-refractivity contribution in [3.8, 4) is 0 Å². The lowest BCUT2D eigenvalue weighted by molar-refractivity contribution is -0.137. The van der Waals surface area contributed by atoms with E-state index < -0.39 is 29.8 Å². The Hall–Kier alpha value is -2.42. The van der Waals surface area contributed by atoms with Crippen molar-refractivity contribution in [2.45, 2.75) is 45.2 Å². The Kier molecular flexibility index (Phi) is 6.51. The summed E-state index contributed by atoms with van der Waals surface area (Å²) >= 11 is 0. The van der Waals surface area contributed by atoms with Crippen molar-refractivity contribution in [1.29, 1.82) is 0 Å². The van der Waals surface area contributed by atoms with E-state index in [-0.39, 0.29) is 12.5 Å². The first-order valence-corrected chi connectivity index (χ1v) is 8.41. The Morgan fingerprint density at radius 2 is 1.88 bits per heavy atom. The molecule has 9 heteroatoms. The van der Waals surface area contributed by atoms with Crippen LogP contribution in [-0.2, 0) is 16.1 Å². The number of hydrogen-bond acceptors (Lipinski definition) is 5. The fourth-order valence-corrected chi connectivity index (χ4v) is 2.83. The van der Waals surface area contributed by atoms with E-state index in [0.29, 0.717) is 18.7 Å². The lowest BCUT2D eigenvalue weighted by Crippen LogP contribution is -2.51. The van der Waals surface area contributed by atoms with E-state index in [1.807, 2.05) is 0 Å². The molecular formula is C16H24N4O5. The first-order chi connectivity index (χ1) is 11.9. The van der Waals surface area contributed by atoms with Crippen LogP contribution in [0.25, 0.3) is 0 Å². The van der Waals surface area contributed by atoms with Gasteiger partial charge in [0.2, 0.25) is 11.8 Å².